The number of benzene rings is 1. The molecule has 0 spiro atoms. The van der Waals surface area contributed by atoms with E-state index in [-0.39, 0.29) is 10.6 Å². The first-order valence-electron chi connectivity index (χ1n) is 5.98. The SMILES string of the molecule is COc1ccccc1S(=O)(=O)N[C@@H](C(=O)O)C(C)(C)C. The molecule has 0 radical (unpaired) electrons. The third-order valence-electron chi connectivity index (χ3n) is 2.74. The Bertz CT molecular complexity index is 589. The van der Waals surface area contributed by atoms with Crippen molar-refractivity contribution in [3.63, 3.8) is 0 Å². The van der Waals surface area contributed by atoms with E-state index in [1.54, 1.807) is 32.9 Å². The second-order valence-corrected chi connectivity index (χ2v) is 7.09. The number of sulfonamides is 1. The zero-order chi connectivity index (χ0) is 15.6. The number of rotatable bonds is 5. The van der Waals surface area contributed by atoms with Gasteiger partial charge in [0, 0.05) is 0 Å². The molecule has 0 aliphatic rings. The molecule has 0 heterocycles. The van der Waals surface area contributed by atoms with Gasteiger partial charge >= 0.3 is 5.97 Å². The van der Waals surface area contributed by atoms with Gasteiger partial charge in [0.15, 0.2) is 0 Å². The van der Waals surface area contributed by atoms with Crippen LogP contribution in [0.2, 0.25) is 0 Å². The predicted octanol–water partition coefficient (Wildman–Crippen LogP) is 1.47. The first-order valence-corrected chi connectivity index (χ1v) is 7.46. The van der Waals surface area contributed by atoms with Crippen molar-refractivity contribution in [1.82, 2.24) is 4.72 Å². The Labute approximate surface area is 118 Å². The van der Waals surface area contributed by atoms with Crippen molar-refractivity contribution in [3.05, 3.63) is 24.3 Å². The van der Waals surface area contributed by atoms with Crippen LogP contribution in [-0.2, 0) is 14.8 Å². The van der Waals surface area contributed by atoms with E-state index < -0.39 is 27.4 Å². The highest BCUT2D eigenvalue weighted by Crippen LogP contribution is 2.26. The monoisotopic (exact) mass is 301 g/mol. The molecule has 1 aromatic rings. The molecule has 0 aromatic heterocycles. The molecule has 1 rings (SSSR count). The molecule has 1 atom stereocenters. The summed E-state index contributed by atoms with van der Waals surface area (Å²) in [6.45, 7) is 4.95. The van der Waals surface area contributed by atoms with Crippen LogP contribution in [0.1, 0.15) is 20.8 Å². The van der Waals surface area contributed by atoms with E-state index in [0.717, 1.165) is 0 Å². The van der Waals surface area contributed by atoms with Gasteiger partial charge in [0.05, 0.1) is 7.11 Å². The summed E-state index contributed by atoms with van der Waals surface area (Å²) < 4.78 is 31.8. The summed E-state index contributed by atoms with van der Waals surface area (Å²) in [7, 11) is -2.63. The Balaban J connectivity index is 3.21. The van der Waals surface area contributed by atoms with E-state index >= 15 is 0 Å². The number of hydrogen-bond donors (Lipinski definition) is 2. The number of carboxylic acid groups (broad SMARTS) is 1. The fourth-order valence-corrected chi connectivity index (χ4v) is 3.22. The molecule has 0 aliphatic heterocycles. The molecule has 0 fully saturated rings. The molecule has 0 saturated heterocycles. The molecule has 0 saturated carbocycles. The highest BCUT2D eigenvalue weighted by Gasteiger charge is 2.36. The van der Waals surface area contributed by atoms with Gasteiger partial charge in [-0.05, 0) is 17.5 Å². The van der Waals surface area contributed by atoms with Gasteiger partial charge in [0.1, 0.15) is 16.7 Å². The number of aliphatic carboxylic acids is 1. The number of methoxy groups -OCH3 is 1. The molecule has 0 aliphatic carbocycles. The molecule has 2 N–H and O–H groups in total. The molecule has 112 valence electrons. The van der Waals surface area contributed by atoms with Gasteiger partial charge in [0.2, 0.25) is 10.0 Å². The predicted molar refractivity (Wildman–Crippen MR) is 74.2 cm³/mol. The third kappa shape index (κ3) is 3.71. The standard InChI is InChI=1S/C13H19NO5S/c1-13(2,3)11(12(15)16)14-20(17,18)10-8-6-5-7-9(10)19-4/h5-8,11,14H,1-4H3,(H,15,16)/t11-/m0/s1. The zero-order valence-corrected chi connectivity index (χ0v) is 12.7. The van der Waals surface area contributed by atoms with E-state index in [9.17, 15) is 18.3 Å². The van der Waals surface area contributed by atoms with Gasteiger partial charge < -0.3 is 9.84 Å². The summed E-state index contributed by atoms with van der Waals surface area (Å²) in [5.74, 6) is -1.06. The van der Waals surface area contributed by atoms with Gasteiger partial charge in [-0.2, -0.15) is 4.72 Å². The molecular formula is C13H19NO5S. The number of ether oxygens (including phenoxy) is 1. The minimum absolute atomic E-state index is 0.0852. The van der Waals surface area contributed by atoms with Crippen LogP contribution in [0.5, 0.6) is 5.75 Å². The van der Waals surface area contributed by atoms with Gasteiger partial charge in [0.25, 0.3) is 0 Å². The van der Waals surface area contributed by atoms with Crippen LogP contribution in [0.4, 0.5) is 0 Å². The van der Waals surface area contributed by atoms with E-state index in [4.69, 9.17) is 4.74 Å². The lowest BCUT2D eigenvalue weighted by atomic mass is 9.88. The Hall–Kier alpha value is -1.60. The molecule has 0 amide bonds. The van der Waals surface area contributed by atoms with Crippen LogP contribution in [0, 0.1) is 5.41 Å². The summed E-state index contributed by atoms with van der Waals surface area (Å²) in [4.78, 5) is 11.2. The fraction of sp³-hybridized carbons (Fsp3) is 0.462. The molecule has 0 unspecified atom stereocenters. The largest absolute Gasteiger partial charge is 0.495 e. The van der Waals surface area contributed by atoms with Crippen LogP contribution in [-0.4, -0.2) is 32.6 Å². The highest BCUT2D eigenvalue weighted by atomic mass is 32.2. The van der Waals surface area contributed by atoms with Crippen molar-refractivity contribution in [2.45, 2.75) is 31.7 Å². The maximum atomic E-state index is 12.3. The molecule has 1 aromatic carbocycles. The van der Waals surface area contributed by atoms with Crippen LogP contribution in [0.15, 0.2) is 29.2 Å². The van der Waals surface area contributed by atoms with Crippen molar-refractivity contribution in [1.29, 1.82) is 0 Å². The Morgan fingerprint density at radius 1 is 1.30 bits per heavy atom. The van der Waals surface area contributed by atoms with Crippen molar-refractivity contribution < 1.29 is 23.1 Å². The summed E-state index contributed by atoms with van der Waals surface area (Å²) in [5.41, 5.74) is -0.763. The van der Waals surface area contributed by atoms with Crippen LogP contribution >= 0.6 is 0 Å². The lowest BCUT2D eigenvalue weighted by Gasteiger charge is -2.27. The normalized spacial score (nSPS) is 13.8. The molecule has 6 nitrogen and oxygen atoms in total. The van der Waals surface area contributed by atoms with Crippen molar-refractivity contribution >= 4 is 16.0 Å². The van der Waals surface area contributed by atoms with Gasteiger partial charge in [-0.3, -0.25) is 4.79 Å². The van der Waals surface area contributed by atoms with Crippen molar-refractivity contribution in [2.24, 2.45) is 5.41 Å². The molecule has 20 heavy (non-hydrogen) atoms. The smallest absolute Gasteiger partial charge is 0.322 e. The number of hydrogen-bond acceptors (Lipinski definition) is 4. The average Bonchev–Trinajstić information content (AvgIpc) is 2.34. The summed E-state index contributed by atoms with van der Waals surface area (Å²) in [5, 5.41) is 9.19. The lowest BCUT2D eigenvalue weighted by molar-refractivity contribution is -0.141. The van der Waals surface area contributed by atoms with Crippen LogP contribution in [0.25, 0.3) is 0 Å². The highest BCUT2D eigenvalue weighted by molar-refractivity contribution is 7.89. The summed E-state index contributed by atoms with van der Waals surface area (Å²) in [6.07, 6.45) is 0. The topological polar surface area (TPSA) is 92.7 Å². The average molecular weight is 301 g/mol. The summed E-state index contributed by atoms with van der Waals surface area (Å²) in [6, 6.07) is 4.81. The van der Waals surface area contributed by atoms with Crippen molar-refractivity contribution in [2.75, 3.05) is 7.11 Å². The Morgan fingerprint density at radius 2 is 1.85 bits per heavy atom. The van der Waals surface area contributed by atoms with Crippen LogP contribution in [0.3, 0.4) is 0 Å². The van der Waals surface area contributed by atoms with Crippen LogP contribution < -0.4 is 9.46 Å². The minimum atomic E-state index is -3.99. The Morgan fingerprint density at radius 3 is 2.30 bits per heavy atom. The van der Waals surface area contributed by atoms with Crippen molar-refractivity contribution in [3.8, 4) is 5.75 Å². The van der Waals surface area contributed by atoms with E-state index in [2.05, 4.69) is 4.72 Å². The number of para-hydroxylation sites is 1. The first kappa shape index (κ1) is 16.5. The second kappa shape index (κ2) is 5.80. The first-order chi connectivity index (χ1) is 9.09. The number of nitrogens with one attached hydrogen (secondary N) is 1. The maximum absolute atomic E-state index is 12.3. The quantitative estimate of drug-likeness (QED) is 0.859. The fourth-order valence-electron chi connectivity index (χ4n) is 1.66. The molecule has 0 bridgehead atoms. The van der Waals surface area contributed by atoms with E-state index in [1.807, 2.05) is 0 Å². The minimum Gasteiger partial charge on any atom is -0.495 e. The number of carbonyl (C=O) groups is 1. The molecule has 7 heteroatoms. The Kier molecular flexibility index (Phi) is 4.77. The lowest BCUT2D eigenvalue weighted by Crippen LogP contribution is -2.48. The van der Waals surface area contributed by atoms with Gasteiger partial charge in [-0.15, -0.1) is 0 Å². The number of carboxylic acids is 1. The van der Waals surface area contributed by atoms with Gasteiger partial charge in [-0.1, -0.05) is 32.9 Å². The maximum Gasteiger partial charge on any atom is 0.322 e. The zero-order valence-electron chi connectivity index (χ0n) is 11.9. The third-order valence-corrected chi connectivity index (χ3v) is 4.21. The van der Waals surface area contributed by atoms with Gasteiger partial charge in [-0.25, -0.2) is 8.42 Å². The second-order valence-electron chi connectivity index (χ2n) is 5.41. The molecular weight excluding hydrogens is 282 g/mol. The van der Waals surface area contributed by atoms with E-state index in [0.29, 0.717) is 0 Å². The van der Waals surface area contributed by atoms with E-state index in [1.165, 1.54) is 19.2 Å². The summed E-state index contributed by atoms with van der Waals surface area (Å²) >= 11 is 0.